The number of nitriles is 1. The Morgan fingerprint density at radius 1 is 1.10 bits per heavy atom. The minimum atomic E-state index is -3.90. The zero-order valence-electron chi connectivity index (χ0n) is 11.1. The van der Waals surface area contributed by atoms with Gasteiger partial charge in [-0.3, -0.25) is 0 Å². The van der Waals surface area contributed by atoms with Crippen LogP contribution in [0, 0.1) is 11.3 Å². The van der Waals surface area contributed by atoms with Crippen LogP contribution in [0.25, 0.3) is 0 Å². The van der Waals surface area contributed by atoms with Gasteiger partial charge in [-0.05, 0) is 17.7 Å². The van der Waals surface area contributed by atoms with Gasteiger partial charge in [0.05, 0.1) is 23.1 Å². The van der Waals surface area contributed by atoms with Crippen LogP contribution in [-0.2, 0) is 10.0 Å². The molecule has 0 radical (unpaired) electrons. The van der Waals surface area contributed by atoms with Crippen molar-refractivity contribution in [3.05, 3.63) is 65.7 Å². The van der Waals surface area contributed by atoms with E-state index >= 15 is 0 Å². The first-order valence-corrected chi connectivity index (χ1v) is 7.74. The summed E-state index contributed by atoms with van der Waals surface area (Å²) in [6, 6.07) is 15.8. The fourth-order valence-electron chi connectivity index (χ4n) is 1.94. The van der Waals surface area contributed by atoms with Crippen molar-refractivity contribution in [3.8, 4) is 6.07 Å². The van der Waals surface area contributed by atoms with Crippen LogP contribution in [-0.4, -0.2) is 20.1 Å². The van der Waals surface area contributed by atoms with Crippen LogP contribution in [0.1, 0.15) is 17.2 Å². The molecule has 2 rings (SSSR count). The van der Waals surface area contributed by atoms with Crippen molar-refractivity contribution >= 4 is 10.0 Å². The van der Waals surface area contributed by atoms with Crippen LogP contribution in [0.3, 0.4) is 0 Å². The highest BCUT2D eigenvalue weighted by Crippen LogP contribution is 2.19. The molecule has 0 saturated carbocycles. The summed E-state index contributed by atoms with van der Waals surface area (Å²) in [5.41, 5.74) is 0.716. The van der Waals surface area contributed by atoms with Crippen molar-refractivity contribution in [2.45, 2.75) is 10.9 Å². The molecule has 2 N–H and O–H groups in total. The highest BCUT2D eigenvalue weighted by atomic mass is 32.2. The molecule has 0 heterocycles. The Morgan fingerprint density at radius 3 is 2.33 bits per heavy atom. The third kappa shape index (κ3) is 3.47. The Hall–Kier alpha value is -2.20. The van der Waals surface area contributed by atoms with Crippen LogP contribution in [0.4, 0.5) is 0 Å². The second kappa shape index (κ2) is 6.50. The van der Waals surface area contributed by atoms with Gasteiger partial charge >= 0.3 is 0 Å². The predicted molar refractivity (Wildman–Crippen MR) is 77.7 cm³/mol. The van der Waals surface area contributed by atoms with E-state index < -0.39 is 16.1 Å². The second-order valence-corrected chi connectivity index (χ2v) is 6.06. The lowest BCUT2D eigenvalue weighted by Crippen LogP contribution is -2.31. The molecule has 0 aliphatic carbocycles. The predicted octanol–water partition coefficient (Wildman–Crippen LogP) is 1.57. The number of hydrogen-bond donors (Lipinski definition) is 2. The number of hydrogen-bond acceptors (Lipinski definition) is 4. The van der Waals surface area contributed by atoms with Crippen molar-refractivity contribution in [1.29, 1.82) is 5.26 Å². The number of nitrogens with zero attached hydrogens (tertiary/aromatic N) is 1. The number of rotatable bonds is 5. The normalized spacial score (nSPS) is 12.6. The average molecular weight is 302 g/mol. The fraction of sp³-hybridized carbons (Fsp3) is 0.133. The van der Waals surface area contributed by atoms with E-state index in [1.165, 1.54) is 12.1 Å². The molecule has 0 unspecified atom stereocenters. The number of aliphatic hydroxyl groups is 1. The Bertz CT molecular complexity index is 752. The van der Waals surface area contributed by atoms with Crippen molar-refractivity contribution in [2.24, 2.45) is 0 Å². The molecule has 2 aromatic carbocycles. The molecule has 0 saturated heterocycles. The maximum atomic E-state index is 12.4. The van der Waals surface area contributed by atoms with Crippen LogP contribution >= 0.6 is 0 Å². The van der Waals surface area contributed by atoms with Gasteiger partial charge in [-0.1, -0.05) is 42.5 Å². The highest BCUT2D eigenvalue weighted by Gasteiger charge is 2.23. The molecule has 0 amide bonds. The van der Waals surface area contributed by atoms with Crippen LogP contribution in [0.2, 0.25) is 0 Å². The van der Waals surface area contributed by atoms with Gasteiger partial charge in [-0.15, -0.1) is 0 Å². The smallest absolute Gasteiger partial charge is 0.242 e. The van der Waals surface area contributed by atoms with Crippen molar-refractivity contribution in [1.82, 2.24) is 4.72 Å². The van der Waals surface area contributed by atoms with E-state index in [0.717, 1.165) is 0 Å². The van der Waals surface area contributed by atoms with Crippen molar-refractivity contribution in [2.75, 3.05) is 6.61 Å². The van der Waals surface area contributed by atoms with E-state index in [4.69, 9.17) is 5.26 Å². The molecule has 2 aromatic rings. The van der Waals surface area contributed by atoms with Gasteiger partial charge in [0, 0.05) is 0 Å². The molecular formula is C15H14N2O3S. The molecule has 0 spiro atoms. The quantitative estimate of drug-likeness (QED) is 0.877. The largest absolute Gasteiger partial charge is 0.394 e. The van der Waals surface area contributed by atoms with Crippen molar-refractivity contribution < 1.29 is 13.5 Å². The Labute approximate surface area is 123 Å². The molecule has 1 atom stereocenters. The summed E-state index contributed by atoms with van der Waals surface area (Å²) in [5.74, 6) is 0. The molecule has 0 aliphatic heterocycles. The number of nitrogens with one attached hydrogen (secondary N) is 1. The number of aliphatic hydroxyl groups excluding tert-OH is 1. The fourth-order valence-corrected chi connectivity index (χ4v) is 3.31. The summed E-state index contributed by atoms with van der Waals surface area (Å²) in [5, 5.41) is 18.4. The minimum Gasteiger partial charge on any atom is -0.394 e. The van der Waals surface area contributed by atoms with E-state index in [2.05, 4.69) is 4.72 Å². The van der Waals surface area contributed by atoms with E-state index in [9.17, 15) is 13.5 Å². The number of benzene rings is 2. The highest BCUT2D eigenvalue weighted by molar-refractivity contribution is 7.89. The standard InChI is InChI=1S/C15H14N2O3S/c16-10-13-8-4-5-9-15(13)21(19,20)17-14(11-18)12-6-2-1-3-7-12/h1-9,14,17-18H,11H2/t14-/m1/s1. The van der Waals surface area contributed by atoms with Gasteiger partial charge in [0.2, 0.25) is 10.0 Å². The lowest BCUT2D eigenvalue weighted by molar-refractivity contribution is 0.259. The second-order valence-electron chi connectivity index (χ2n) is 4.38. The first-order chi connectivity index (χ1) is 10.1. The summed E-state index contributed by atoms with van der Waals surface area (Å²) < 4.78 is 27.2. The Morgan fingerprint density at radius 2 is 1.71 bits per heavy atom. The van der Waals surface area contributed by atoms with Crippen molar-refractivity contribution in [3.63, 3.8) is 0 Å². The van der Waals surface area contributed by atoms with Gasteiger partial charge in [0.1, 0.15) is 6.07 Å². The summed E-state index contributed by atoms with van der Waals surface area (Å²) in [4.78, 5) is -0.0955. The lowest BCUT2D eigenvalue weighted by Gasteiger charge is -2.17. The van der Waals surface area contributed by atoms with Gasteiger partial charge in [-0.25, -0.2) is 13.1 Å². The SMILES string of the molecule is N#Cc1ccccc1S(=O)(=O)N[C@H](CO)c1ccccc1. The maximum Gasteiger partial charge on any atom is 0.242 e. The molecule has 21 heavy (non-hydrogen) atoms. The maximum absolute atomic E-state index is 12.4. The Balaban J connectivity index is 2.35. The third-order valence-corrected chi connectivity index (χ3v) is 4.51. The summed E-state index contributed by atoms with van der Waals surface area (Å²) in [7, 11) is -3.90. The molecular weight excluding hydrogens is 288 g/mol. The topological polar surface area (TPSA) is 90.2 Å². The van der Waals surface area contributed by atoms with Gasteiger partial charge in [0.25, 0.3) is 0 Å². The van der Waals surface area contributed by atoms with Gasteiger partial charge < -0.3 is 5.11 Å². The molecule has 6 heteroatoms. The minimum absolute atomic E-state index is 0.0646. The molecule has 108 valence electrons. The summed E-state index contributed by atoms with van der Waals surface area (Å²) >= 11 is 0. The van der Waals surface area contributed by atoms with Crippen LogP contribution < -0.4 is 4.72 Å². The van der Waals surface area contributed by atoms with Crippen LogP contribution in [0.15, 0.2) is 59.5 Å². The lowest BCUT2D eigenvalue weighted by atomic mass is 10.1. The molecule has 0 aromatic heterocycles. The third-order valence-electron chi connectivity index (χ3n) is 2.98. The van der Waals surface area contributed by atoms with E-state index in [1.807, 2.05) is 6.07 Å². The molecule has 0 aliphatic rings. The zero-order chi connectivity index (χ0) is 15.3. The summed E-state index contributed by atoms with van der Waals surface area (Å²) in [6.07, 6.45) is 0. The average Bonchev–Trinajstić information content (AvgIpc) is 2.53. The monoisotopic (exact) mass is 302 g/mol. The van der Waals surface area contributed by atoms with Gasteiger partial charge in [0.15, 0.2) is 0 Å². The molecule has 0 fully saturated rings. The van der Waals surface area contributed by atoms with E-state index in [-0.39, 0.29) is 17.1 Å². The molecule has 0 bridgehead atoms. The first-order valence-electron chi connectivity index (χ1n) is 6.26. The first kappa shape index (κ1) is 15.2. The number of sulfonamides is 1. The van der Waals surface area contributed by atoms with Crippen LogP contribution in [0.5, 0.6) is 0 Å². The van der Waals surface area contributed by atoms with E-state index in [1.54, 1.807) is 42.5 Å². The Kier molecular flexibility index (Phi) is 4.70. The van der Waals surface area contributed by atoms with Gasteiger partial charge in [-0.2, -0.15) is 5.26 Å². The molecule has 5 nitrogen and oxygen atoms in total. The van der Waals surface area contributed by atoms with E-state index in [0.29, 0.717) is 5.56 Å². The zero-order valence-corrected chi connectivity index (χ0v) is 11.9. The summed E-state index contributed by atoms with van der Waals surface area (Å²) in [6.45, 7) is -0.377.